The van der Waals surface area contributed by atoms with Crippen molar-refractivity contribution in [3.8, 4) is 0 Å². The first-order chi connectivity index (χ1) is 6.20. The predicted octanol–water partition coefficient (Wildman–Crippen LogP) is 2.55. The van der Waals surface area contributed by atoms with Gasteiger partial charge in [0.25, 0.3) is 0 Å². The van der Waals surface area contributed by atoms with E-state index in [0.717, 1.165) is 31.1 Å². The molecule has 0 aromatic heterocycles. The highest BCUT2D eigenvalue weighted by molar-refractivity contribution is 8.03. The van der Waals surface area contributed by atoms with Crippen LogP contribution >= 0.6 is 11.8 Å². The average molecular weight is 200 g/mol. The van der Waals surface area contributed by atoms with Gasteiger partial charge in [0.15, 0.2) is 5.09 Å². The minimum atomic E-state index is 0.0511. The third-order valence-electron chi connectivity index (χ3n) is 2.38. The first-order valence-corrected chi connectivity index (χ1v) is 5.74. The van der Waals surface area contributed by atoms with Gasteiger partial charge in [-0.15, -0.1) is 0 Å². The predicted molar refractivity (Wildman–Crippen MR) is 54.7 cm³/mol. The Morgan fingerprint density at radius 3 is 2.54 bits per heavy atom. The molecule has 74 valence electrons. The topological polar surface area (TPSA) is 18.5 Å². The maximum Gasteiger partial charge on any atom is 0.154 e. The summed E-state index contributed by atoms with van der Waals surface area (Å²) in [5.74, 6) is 0. The van der Waals surface area contributed by atoms with Crippen LogP contribution in [-0.4, -0.2) is 24.1 Å². The Balaban J connectivity index is 1.89. The summed E-state index contributed by atoms with van der Waals surface area (Å²) >= 11 is 1.81. The number of thioether (sulfide) groups is 1. The van der Waals surface area contributed by atoms with Crippen molar-refractivity contribution >= 4 is 11.8 Å². The zero-order chi connectivity index (χ0) is 9.31. The molecule has 13 heavy (non-hydrogen) atoms. The zero-order valence-corrected chi connectivity index (χ0v) is 9.02. The van der Waals surface area contributed by atoms with Crippen LogP contribution in [0.5, 0.6) is 0 Å². The molecule has 2 aliphatic rings. The van der Waals surface area contributed by atoms with Gasteiger partial charge in [0.05, 0.1) is 13.2 Å². The molecular formula is C10H16O2S. The van der Waals surface area contributed by atoms with Gasteiger partial charge in [-0.1, -0.05) is 25.6 Å². The van der Waals surface area contributed by atoms with E-state index >= 15 is 0 Å². The summed E-state index contributed by atoms with van der Waals surface area (Å²) in [6.07, 6.45) is 4.32. The highest BCUT2D eigenvalue weighted by atomic mass is 32.2. The standard InChI is InChI=1S/C10H16O2S/c1-8(2)13-9-7-10(12-9)3-5-11-6-4-10/h7-8H,3-6H2,1-2H3. The van der Waals surface area contributed by atoms with Crippen molar-refractivity contribution in [3.05, 3.63) is 11.2 Å². The van der Waals surface area contributed by atoms with Crippen LogP contribution in [0, 0.1) is 0 Å². The fraction of sp³-hybridized carbons (Fsp3) is 0.800. The van der Waals surface area contributed by atoms with E-state index in [4.69, 9.17) is 9.47 Å². The van der Waals surface area contributed by atoms with Gasteiger partial charge in [-0.05, 0) is 0 Å². The molecule has 2 rings (SSSR count). The largest absolute Gasteiger partial charge is 0.477 e. The van der Waals surface area contributed by atoms with Crippen LogP contribution in [-0.2, 0) is 9.47 Å². The van der Waals surface area contributed by atoms with Crippen molar-refractivity contribution in [3.63, 3.8) is 0 Å². The highest BCUT2D eigenvalue weighted by Crippen LogP contribution is 2.43. The van der Waals surface area contributed by atoms with Crippen molar-refractivity contribution in [2.24, 2.45) is 0 Å². The first kappa shape index (κ1) is 9.41. The van der Waals surface area contributed by atoms with Gasteiger partial charge >= 0.3 is 0 Å². The Morgan fingerprint density at radius 2 is 2.00 bits per heavy atom. The normalized spacial score (nSPS) is 25.3. The minimum absolute atomic E-state index is 0.0511. The van der Waals surface area contributed by atoms with Crippen molar-refractivity contribution in [2.75, 3.05) is 13.2 Å². The molecule has 1 spiro atoms. The quantitative estimate of drug-likeness (QED) is 0.682. The molecule has 2 heterocycles. The second kappa shape index (κ2) is 3.54. The van der Waals surface area contributed by atoms with Gasteiger partial charge in [-0.2, -0.15) is 0 Å². The smallest absolute Gasteiger partial charge is 0.154 e. The summed E-state index contributed by atoms with van der Waals surface area (Å²) < 4.78 is 11.1. The second-order valence-corrected chi connectivity index (χ2v) is 5.49. The summed E-state index contributed by atoms with van der Waals surface area (Å²) in [6, 6.07) is 0. The summed E-state index contributed by atoms with van der Waals surface area (Å²) in [4.78, 5) is 0. The molecular weight excluding hydrogens is 184 g/mol. The van der Waals surface area contributed by atoms with E-state index in [9.17, 15) is 0 Å². The molecule has 2 nitrogen and oxygen atoms in total. The summed E-state index contributed by atoms with van der Waals surface area (Å²) in [6.45, 7) is 6.06. The molecule has 0 N–H and O–H groups in total. The van der Waals surface area contributed by atoms with Crippen LogP contribution in [0.15, 0.2) is 11.2 Å². The van der Waals surface area contributed by atoms with E-state index < -0.39 is 0 Å². The Morgan fingerprint density at radius 1 is 1.38 bits per heavy atom. The average Bonchev–Trinajstić information content (AvgIpc) is 2.02. The van der Waals surface area contributed by atoms with E-state index in [1.54, 1.807) is 11.8 Å². The Bertz CT molecular complexity index is 217. The van der Waals surface area contributed by atoms with Crippen molar-refractivity contribution in [2.45, 2.75) is 37.5 Å². The van der Waals surface area contributed by atoms with Crippen LogP contribution in [0.2, 0.25) is 0 Å². The van der Waals surface area contributed by atoms with Gasteiger partial charge < -0.3 is 9.47 Å². The third-order valence-corrected chi connectivity index (χ3v) is 3.28. The molecule has 1 fully saturated rings. The summed E-state index contributed by atoms with van der Waals surface area (Å²) in [5.41, 5.74) is 0.0511. The number of rotatable bonds is 2. The molecule has 0 saturated carbocycles. The lowest BCUT2D eigenvalue weighted by atomic mass is 9.91. The first-order valence-electron chi connectivity index (χ1n) is 4.86. The number of ether oxygens (including phenoxy) is 2. The number of hydrogen-bond donors (Lipinski definition) is 0. The lowest BCUT2D eigenvalue weighted by Crippen LogP contribution is -2.42. The van der Waals surface area contributed by atoms with Crippen LogP contribution < -0.4 is 0 Å². The molecule has 0 aromatic carbocycles. The minimum Gasteiger partial charge on any atom is -0.477 e. The monoisotopic (exact) mass is 200 g/mol. The van der Waals surface area contributed by atoms with E-state index in [2.05, 4.69) is 19.9 Å². The summed E-state index contributed by atoms with van der Waals surface area (Å²) in [5, 5.41) is 1.72. The Kier molecular flexibility index (Phi) is 2.56. The van der Waals surface area contributed by atoms with Crippen LogP contribution in [0.4, 0.5) is 0 Å². The van der Waals surface area contributed by atoms with E-state index in [0.29, 0.717) is 5.25 Å². The fourth-order valence-electron chi connectivity index (χ4n) is 1.67. The molecule has 0 aliphatic carbocycles. The molecule has 0 unspecified atom stereocenters. The van der Waals surface area contributed by atoms with Gasteiger partial charge in [-0.3, -0.25) is 0 Å². The van der Waals surface area contributed by atoms with Crippen molar-refractivity contribution < 1.29 is 9.47 Å². The Labute approximate surface area is 83.7 Å². The fourth-order valence-corrected chi connectivity index (χ4v) is 2.63. The zero-order valence-electron chi connectivity index (χ0n) is 8.21. The van der Waals surface area contributed by atoms with E-state index in [-0.39, 0.29) is 5.60 Å². The third kappa shape index (κ3) is 2.02. The molecule has 1 saturated heterocycles. The molecule has 2 aliphatic heterocycles. The van der Waals surface area contributed by atoms with Gasteiger partial charge in [-0.25, -0.2) is 0 Å². The van der Waals surface area contributed by atoms with Gasteiger partial charge in [0, 0.05) is 24.2 Å². The molecule has 0 atom stereocenters. The summed E-state index contributed by atoms with van der Waals surface area (Å²) in [7, 11) is 0. The molecule has 0 aromatic rings. The molecule has 0 radical (unpaired) electrons. The maximum absolute atomic E-state index is 5.82. The van der Waals surface area contributed by atoms with Crippen molar-refractivity contribution in [1.29, 1.82) is 0 Å². The van der Waals surface area contributed by atoms with Crippen LogP contribution in [0.3, 0.4) is 0 Å². The van der Waals surface area contributed by atoms with Gasteiger partial charge in [0.2, 0.25) is 0 Å². The second-order valence-electron chi connectivity index (χ2n) is 3.91. The van der Waals surface area contributed by atoms with Crippen LogP contribution in [0.25, 0.3) is 0 Å². The Hall–Kier alpha value is -0.150. The molecule has 3 heteroatoms. The van der Waals surface area contributed by atoms with Gasteiger partial charge in [0.1, 0.15) is 5.60 Å². The van der Waals surface area contributed by atoms with E-state index in [1.165, 1.54) is 0 Å². The molecule has 0 bridgehead atoms. The molecule has 0 amide bonds. The van der Waals surface area contributed by atoms with Crippen LogP contribution in [0.1, 0.15) is 26.7 Å². The maximum atomic E-state index is 5.82. The van der Waals surface area contributed by atoms with Crippen molar-refractivity contribution in [1.82, 2.24) is 0 Å². The lowest BCUT2D eigenvalue weighted by molar-refractivity contribution is -0.0715. The van der Waals surface area contributed by atoms with E-state index in [1.807, 2.05) is 0 Å². The highest BCUT2D eigenvalue weighted by Gasteiger charge is 2.40. The lowest BCUT2D eigenvalue weighted by Gasteiger charge is -2.42. The SMILES string of the molecule is CC(C)SC1=CC2(CCOCC2)O1. The number of hydrogen-bond acceptors (Lipinski definition) is 3.